The highest BCUT2D eigenvalue weighted by atomic mass is 35.5. The van der Waals surface area contributed by atoms with E-state index in [-0.39, 0.29) is 5.91 Å². The van der Waals surface area contributed by atoms with Crippen LogP contribution >= 0.6 is 23.3 Å². The van der Waals surface area contributed by atoms with Crippen molar-refractivity contribution in [3.8, 4) is 11.3 Å². The summed E-state index contributed by atoms with van der Waals surface area (Å²) in [5, 5.41) is 3.57. The Morgan fingerprint density at radius 2 is 1.93 bits per heavy atom. The topological polar surface area (TPSA) is 68.0 Å². The van der Waals surface area contributed by atoms with E-state index in [1.54, 1.807) is 6.08 Å². The zero-order valence-corrected chi connectivity index (χ0v) is 16.8. The minimum absolute atomic E-state index is 0.264. The SMILES string of the molecule is Cc1ccc(-c2ccc(/C=C/C(=O)Nc3c(C)ccc4nsnc34)o2)cc1Cl. The summed E-state index contributed by atoms with van der Waals surface area (Å²) in [4.78, 5) is 12.4. The third-order valence-corrected chi connectivity index (χ3v) is 5.32. The maximum Gasteiger partial charge on any atom is 0.248 e. The van der Waals surface area contributed by atoms with Crippen LogP contribution in [-0.2, 0) is 4.79 Å². The number of nitrogens with zero attached hydrogens (tertiary/aromatic N) is 2. The Labute approximate surface area is 171 Å². The second-order valence-electron chi connectivity index (χ2n) is 6.38. The van der Waals surface area contributed by atoms with E-state index in [0.717, 1.165) is 33.9 Å². The Morgan fingerprint density at radius 3 is 2.75 bits per heavy atom. The fourth-order valence-electron chi connectivity index (χ4n) is 2.78. The van der Waals surface area contributed by atoms with Gasteiger partial charge in [0.25, 0.3) is 0 Å². The van der Waals surface area contributed by atoms with Crippen molar-refractivity contribution in [1.82, 2.24) is 8.75 Å². The summed E-state index contributed by atoms with van der Waals surface area (Å²) in [7, 11) is 0. The lowest BCUT2D eigenvalue weighted by Crippen LogP contribution is -2.09. The summed E-state index contributed by atoms with van der Waals surface area (Å²) in [6, 6.07) is 13.2. The summed E-state index contributed by atoms with van der Waals surface area (Å²) in [5.74, 6) is 1.00. The van der Waals surface area contributed by atoms with Gasteiger partial charge in [0.1, 0.15) is 22.6 Å². The largest absolute Gasteiger partial charge is 0.457 e. The lowest BCUT2D eigenvalue weighted by molar-refractivity contribution is -0.111. The molecule has 0 bridgehead atoms. The number of aryl methyl sites for hydroxylation is 2. The van der Waals surface area contributed by atoms with Gasteiger partial charge in [-0.25, -0.2) is 0 Å². The number of anilines is 1. The average Bonchev–Trinajstić information content (AvgIpc) is 3.34. The van der Waals surface area contributed by atoms with Crippen LogP contribution in [0.25, 0.3) is 28.4 Å². The van der Waals surface area contributed by atoms with Crippen LogP contribution in [0.15, 0.2) is 53.0 Å². The molecule has 0 spiro atoms. The number of hydrogen-bond donors (Lipinski definition) is 1. The van der Waals surface area contributed by atoms with E-state index < -0.39 is 0 Å². The van der Waals surface area contributed by atoms with Crippen molar-refractivity contribution < 1.29 is 9.21 Å². The molecular formula is C21H16ClN3O2S. The predicted octanol–water partition coefficient (Wildman–Crippen LogP) is 5.87. The minimum atomic E-state index is -0.264. The van der Waals surface area contributed by atoms with Crippen LogP contribution in [-0.4, -0.2) is 14.7 Å². The van der Waals surface area contributed by atoms with E-state index >= 15 is 0 Å². The standard InChI is InChI=1S/C21H16ClN3O2S/c1-12-3-5-14(11-16(12)22)18-9-6-15(27-18)7-10-19(26)23-20-13(2)4-8-17-21(20)25-28-24-17/h3-11H,1-2H3,(H,23,26)/b10-7+. The number of furan rings is 1. The van der Waals surface area contributed by atoms with Crippen LogP contribution in [0.1, 0.15) is 16.9 Å². The van der Waals surface area contributed by atoms with Gasteiger partial charge in [-0.05, 0) is 55.3 Å². The number of hydrogen-bond acceptors (Lipinski definition) is 5. The smallest absolute Gasteiger partial charge is 0.248 e. The monoisotopic (exact) mass is 409 g/mol. The van der Waals surface area contributed by atoms with Crippen LogP contribution < -0.4 is 5.32 Å². The molecule has 0 radical (unpaired) electrons. The van der Waals surface area contributed by atoms with Crippen molar-refractivity contribution in [2.45, 2.75) is 13.8 Å². The quantitative estimate of drug-likeness (QED) is 0.428. The third-order valence-electron chi connectivity index (χ3n) is 4.37. The van der Waals surface area contributed by atoms with Crippen LogP contribution in [0.3, 0.4) is 0 Å². The molecule has 0 aliphatic rings. The normalized spacial score (nSPS) is 11.4. The molecule has 0 unspecified atom stereocenters. The van der Waals surface area contributed by atoms with Crippen LogP contribution in [0.5, 0.6) is 0 Å². The lowest BCUT2D eigenvalue weighted by Gasteiger charge is -2.06. The number of fused-ring (bicyclic) bond motifs is 1. The second-order valence-corrected chi connectivity index (χ2v) is 7.31. The molecule has 7 heteroatoms. The van der Waals surface area contributed by atoms with Crippen LogP contribution in [0.4, 0.5) is 5.69 Å². The zero-order valence-electron chi connectivity index (χ0n) is 15.2. The van der Waals surface area contributed by atoms with Crippen molar-refractivity contribution in [3.63, 3.8) is 0 Å². The molecule has 1 N–H and O–H groups in total. The van der Waals surface area contributed by atoms with E-state index in [1.807, 2.05) is 56.3 Å². The molecule has 5 nitrogen and oxygen atoms in total. The Hall–Kier alpha value is -2.96. The number of carbonyl (C=O) groups excluding carboxylic acids is 1. The van der Waals surface area contributed by atoms with Gasteiger partial charge >= 0.3 is 0 Å². The van der Waals surface area contributed by atoms with Crippen molar-refractivity contribution in [2.75, 3.05) is 5.32 Å². The lowest BCUT2D eigenvalue weighted by atomic mass is 10.1. The highest BCUT2D eigenvalue weighted by Crippen LogP contribution is 2.28. The fraction of sp³-hybridized carbons (Fsp3) is 0.0952. The molecular weight excluding hydrogens is 394 g/mol. The van der Waals surface area contributed by atoms with Gasteiger partial charge in [-0.3, -0.25) is 4.79 Å². The summed E-state index contributed by atoms with van der Waals surface area (Å²) < 4.78 is 14.3. The predicted molar refractivity (Wildman–Crippen MR) is 114 cm³/mol. The molecule has 2 heterocycles. The number of halogens is 1. The summed E-state index contributed by atoms with van der Waals surface area (Å²) in [6.45, 7) is 3.87. The van der Waals surface area contributed by atoms with E-state index in [9.17, 15) is 4.79 Å². The maximum absolute atomic E-state index is 12.4. The van der Waals surface area contributed by atoms with Gasteiger partial charge in [0.05, 0.1) is 17.4 Å². The number of benzene rings is 2. The number of rotatable bonds is 4. The van der Waals surface area contributed by atoms with E-state index in [0.29, 0.717) is 27.7 Å². The number of carbonyl (C=O) groups is 1. The van der Waals surface area contributed by atoms with Crippen molar-refractivity contribution in [3.05, 3.63) is 70.5 Å². The second kappa shape index (κ2) is 7.58. The molecule has 4 aromatic rings. The molecule has 0 fully saturated rings. The highest BCUT2D eigenvalue weighted by Gasteiger charge is 2.11. The third kappa shape index (κ3) is 3.69. The Kier molecular flexibility index (Phi) is 4.98. The number of amides is 1. The molecule has 28 heavy (non-hydrogen) atoms. The van der Waals surface area contributed by atoms with E-state index in [4.69, 9.17) is 16.0 Å². The molecule has 0 atom stereocenters. The first-order valence-electron chi connectivity index (χ1n) is 8.58. The average molecular weight is 410 g/mol. The van der Waals surface area contributed by atoms with Gasteiger partial charge in [0, 0.05) is 16.7 Å². The maximum atomic E-state index is 12.4. The number of aromatic nitrogens is 2. The minimum Gasteiger partial charge on any atom is -0.457 e. The summed E-state index contributed by atoms with van der Waals surface area (Å²) in [6.07, 6.45) is 3.06. The molecule has 1 amide bonds. The first kappa shape index (κ1) is 18.4. The van der Waals surface area contributed by atoms with E-state index in [1.165, 1.54) is 6.08 Å². The van der Waals surface area contributed by atoms with Crippen molar-refractivity contribution in [2.24, 2.45) is 0 Å². The van der Waals surface area contributed by atoms with Gasteiger partial charge in [0.2, 0.25) is 5.91 Å². The van der Waals surface area contributed by atoms with Gasteiger partial charge < -0.3 is 9.73 Å². The molecule has 0 saturated heterocycles. The molecule has 4 rings (SSSR count). The Morgan fingerprint density at radius 1 is 1.11 bits per heavy atom. The van der Waals surface area contributed by atoms with Crippen molar-refractivity contribution in [1.29, 1.82) is 0 Å². The molecule has 2 aromatic carbocycles. The number of nitrogens with one attached hydrogen (secondary N) is 1. The molecule has 140 valence electrons. The Balaban J connectivity index is 1.50. The van der Waals surface area contributed by atoms with Gasteiger partial charge in [-0.1, -0.05) is 29.8 Å². The molecule has 0 aliphatic carbocycles. The van der Waals surface area contributed by atoms with Gasteiger partial charge in [-0.2, -0.15) is 8.75 Å². The zero-order chi connectivity index (χ0) is 19.7. The highest BCUT2D eigenvalue weighted by molar-refractivity contribution is 7.00. The Bertz CT molecular complexity index is 1210. The first-order valence-corrected chi connectivity index (χ1v) is 9.69. The fourth-order valence-corrected chi connectivity index (χ4v) is 3.50. The molecule has 2 aromatic heterocycles. The summed E-state index contributed by atoms with van der Waals surface area (Å²) in [5.41, 5.74) is 4.96. The van der Waals surface area contributed by atoms with Gasteiger partial charge in [0.15, 0.2) is 0 Å². The summed E-state index contributed by atoms with van der Waals surface area (Å²) >= 11 is 7.30. The van der Waals surface area contributed by atoms with E-state index in [2.05, 4.69) is 14.1 Å². The van der Waals surface area contributed by atoms with Crippen LogP contribution in [0, 0.1) is 13.8 Å². The van der Waals surface area contributed by atoms with Crippen molar-refractivity contribution >= 4 is 52.0 Å². The van der Waals surface area contributed by atoms with Crippen LogP contribution in [0.2, 0.25) is 5.02 Å². The molecule has 0 saturated carbocycles. The van der Waals surface area contributed by atoms with Gasteiger partial charge in [-0.15, -0.1) is 0 Å². The first-order chi connectivity index (χ1) is 13.5. The molecule has 0 aliphatic heterocycles.